The zero-order valence-corrected chi connectivity index (χ0v) is 27.3. The lowest BCUT2D eigenvalue weighted by molar-refractivity contribution is -0.132. The van der Waals surface area contributed by atoms with E-state index < -0.39 is 7.82 Å². The van der Waals surface area contributed by atoms with E-state index in [-0.39, 0.29) is 19.8 Å². The van der Waals surface area contributed by atoms with Crippen LogP contribution in [0, 0.1) is 0 Å². The number of ether oxygens (including phenoxy) is 2. The van der Waals surface area contributed by atoms with E-state index >= 15 is 0 Å². The molecule has 2 aromatic rings. The number of benzene rings is 2. The summed E-state index contributed by atoms with van der Waals surface area (Å²) in [6, 6.07) is 13.4. The van der Waals surface area contributed by atoms with Crippen LogP contribution in [-0.4, -0.2) is 39.6 Å². The zero-order valence-electron chi connectivity index (χ0n) is 26.4. The van der Waals surface area contributed by atoms with E-state index in [1.807, 2.05) is 43.3 Å². The van der Waals surface area contributed by atoms with Gasteiger partial charge in [-0.15, -0.1) is 0 Å². The van der Waals surface area contributed by atoms with E-state index in [0.717, 1.165) is 30.0 Å². The SMILES string of the molecule is CCCCCCCCCCCCCCCCCCOP(=O)(OCCOCCOCC)OOc1cccc2ccccc12. The lowest BCUT2D eigenvalue weighted by atomic mass is 10.0. The highest BCUT2D eigenvalue weighted by Gasteiger charge is 2.29. The van der Waals surface area contributed by atoms with Gasteiger partial charge in [-0.25, -0.2) is 4.57 Å². The molecule has 7 nitrogen and oxygen atoms in total. The normalized spacial score (nSPS) is 13.0. The lowest BCUT2D eigenvalue weighted by Gasteiger charge is -2.17. The summed E-state index contributed by atoms with van der Waals surface area (Å²) in [7, 11) is -3.95. The number of hydrogen-bond acceptors (Lipinski definition) is 7. The van der Waals surface area contributed by atoms with Crippen LogP contribution in [0.1, 0.15) is 117 Å². The molecule has 0 aliphatic heterocycles. The van der Waals surface area contributed by atoms with Crippen molar-refractivity contribution in [3.05, 3.63) is 42.5 Å². The van der Waals surface area contributed by atoms with Crippen LogP contribution in [0.15, 0.2) is 42.5 Å². The van der Waals surface area contributed by atoms with Crippen molar-refractivity contribution in [3.8, 4) is 5.75 Å². The van der Waals surface area contributed by atoms with Crippen LogP contribution in [0.4, 0.5) is 0 Å². The van der Waals surface area contributed by atoms with Gasteiger partial charge in [0.1, 0.15) is 0 Å². The first-order chi connectivity index (χ1) is 20.7. The van der Waals surface area contributed by atoms with E-state index in [1.54, 1.807) is 6.07 Å². The summed E-state index contributed by atoms with van der Waals surface area (Å²) < 4.78 is 40.6. The number of phosphoric ester groups is 1. The molecule has 0 saturated heterocycles. The molecule has 0 fully saturated rings. The third-order valence-electron chi connectivity index (χ3n) is 7.27. The van der Waals surface area contributed by atoms with E-state index in [0.29, 0.717) is 25.6 Å². The summed E-state index contributed by atoms with van der Waals surface area (Å²) in [4.78, 5) is 5.50. The van der Waals surface area contributed by atoms with Crippen molar-refractivity contribution in [3.63, 3.8) is 0 Å². The second-order valence-electron chi connectivity index (χ2n) is 10.9. The Kier molecular flexibility index (Phi) is 21.8. The van der Waals surface area contributed by atoms with Crippen molar-refractivity contribution in [1.29, 1.82) is 0 Å². The van der Waals surface area contributed by atoms with Crippen molar-refractivity contribution in [2.24, 2.45) is 0 Å². The third-order valence-corrected chi connectivity index (χ3v) is 8.52. The minimum Gasteiger partial charge on any atom is -0.379 e. The van der Waals surface area contributed by atoms with Crippen molar-refractivity contribution in [2.45, 2.75) is 117 Å². The Labute approximate surface area is 255 Å². The molecule has 0 saturated carbocycles. The van der Waals surface area contributed by atoms with Crippen LogP contribution in [0.5, 0.6) is 5.75 Å². The molecule has 0 aliphatic carbocycles. The summed E-state index contributed by atoms with van der Waals surface area (Å²) >= 11 is 0. The molecule has 0 bridgehead atoms. The van der Waals surface area contributed by atoms with Crippen molar-refractivity contribution in [2.75, 3.05) is 39.6 Å². The molecule has 0 N–H and O–H groups in total. The van der Waals surface area contributed by atoms with Gasteiger partial charge in [0.15, 0.2) is 5.75 Å². The molecule has 0 aliphatic rings. The Hall–Kier alpha value is -1.47. The fourth-order valence-corrected chi connectivity index (χ4v) is 5.82. The molecular weight excluding hydrogens is 551 g/mol. The summed E-state index contributed by atoms with van der Waals surface area (Å²) in [5, 5.41) is 1.84. The second kappa shape index (κ2) is 24.9. The molecule has 1 atom stereocenters. The van der Waals surface area contributed by atoms with Gasteiger partial charge in [0.05, 0.1) is 33.0 Å². The first kappa shape index (κ1) is 36.7. The molecule has 0 aromatic heterocycles. The van der Waals surface area contributed by atoms with Gasteiger partial charge in [-0.3, -0.25) is 9.05 Å². The molecule has 240 valence electrons. The molecule has 8 heteroatoms. The highest BCUT2D eigenvalue weighted by atomic mass is 31.2. The standard InChI is InChI=1S/C34H57O7P/c1-3-5-6-7-8-9-10-11-12-13-14-15-16-17-18-21-27-38-42(35,39-31-30-37-29-28-36-4-2)41-40-34-26-22-24-32-23-19-20-25-33(32)34/h19-20,22-26H,3-18,21,27-31H2,1-2H3. The van der Waals surface area contributed by atoms with Gasteiger partial charge in [-0.05, 0) is 24.8 Å². The van der Waals surface area contributed by atoms with Gasteiger partial charge >= 0.3 is 7.82 Å². The van der Waals surface area contributed by atoms with Gasteiger partial charge in [0, 0.05) is 12.0 Å². The molecule has 42 heavy (non-hydrogen) atoms. The van der Waals surface area contributed by atoms with Gasteiger partial charge in [-0.1, -0.05) is 144 Å². The van der Waals surface area contributed by atoms with Gasteiger partial charge < -0.3 is 14.4 Å². The van der Waals surface area contributed by atoms with Crippen LogP contribution in [0.25, 0.3) is 10.8 Å². The summed E-state index contributed by atoms with van der Waals surface area (Å²) in [5.74, 6) is 0.455. The van der Waals surface area contributed by atoms with Crippen molar-refractivity contribution < 1.29 is 32.6 Å². The maximum absolute atomic E-state index is 13.3. The average molecular weight is 609 g/mol. The van der Waals surface area contributed by atoms with Crippen LogP contribution >= 0.6 is 7.82 Å². The Morgan fingerprint density at radius 1 is 0.548 bits per heavy atom. The fraction of sp³-hybridized carbons (Fsp3) is 0.706. The van der Waals surface area contributed by atoms with Crippen LogP contribution < -0.4 is 4.89 Å². The highest BCUT2D eigenvalue weighted by Crippen LogP contribution is 2.50. The summed E-state index contributed by atoms with van der Waals surface area (Å²) in [6.45, 7) is 6.37. The number of rotatable bonds is 29. The Balaban J connectivity index is 1.60. The van der Waals surface area contributed by atoms with Crippen molar-refractivity contribution in [1.82, 2.24) is 0 Å². The third kappa shape index (κ3) is 17.6. The minimum atomic E-state index is -3.95. The first-order valence-corrected chi connectivity index (χ1v) is 18.0. The van der Waals surface area contributed by atoms with E-state index in [1.165, 1.54) is 83.5 Å². The Bertz CT molecular complexity index is 949. The minimum absolute atomic E-state index is 0.0568. The zero-order chi connectivity index (χ0) is 30.0. The fourth-order valence-electron chi connectivity index (χ4n) is 4.83. The maximum Gasteiger partial charge on any atom is 0.511 e. The molecule has 0 amide bonds. The molecule has 1 unspecified atom stereocenters. The second-order valence-corrected chi connectivity index (χ2v) is 12.4. The van der Waals surface area contributed by atoms with Crippen LogP contribution in [0.2, 0.25) is 0 Å². The predicted octanol–water partition coefficient (Wildman–Crippen LogP) is 10.6. The highest BCUT2D eigenvalue weighted by molar-refractivity contribution is 7.48. The molecule has 0 spiro atoms. The number of unbranched alkanes of at least 4 members (excludes halogenated alkanes) is 15. The van der Waals surface area contributed by atoms with Crippen LogP contribution in [0.3, 0.4) is 0 Å². The maximum atomic E-state index is 13.3. The van der Waals surface area contributed by atoms with E-state index in [9.17, 15) is 4.57 Å². The van der Waals surface area contributed by atoms with E-state index in [2.05, 4.69) is 6.92 Å². The largest absolute Gasteiger partial charge is 0.511 e. The Morgan fingerprint density at radius 3 is 1.71 bits per heavy atom. The summed E-state index contributed by atoms with van der Waals surface area (Å²) in [6.07, 6.45) is 20.7. The van der Waals surface area contributed by atoms with Crippen LogP contribution in [-0.2, 0) is 27.8 Å². The molecular formula is C34H57O7P. The smallest absolute Gasteiger partial charge is 0.379 e. The lowest BCUT2D eigenvalue weighted by Crippen LogP contribution is -2.11. The topological polar surface area (TPSA) is 72.5 Å². The average Bonchev–Trinajstić information content (AvgIpc) is 3.01. The number of hydrogen-bond donors (Lipinski definition) is 0. The molecule has 0 radical (unpaired) electrons. The summed E-state index contributed by atoms with van der Waals surface area (Å²) in [5.41, 5.74) is 0. The first-order valence-electron chi connectivity index (χ1n) is 16.6. The molecule has 2 rings (SSSR count). The number of phosphoric acid groups is 1. The predicted molar refractivity (Wildman–Crippen MR) is 172 cm³/mol. The van der Waals surface area contributed by atoms with E-state index in [4.69, 9.17) is 28.1 Å². The monoisotopic (exact) mass is 608 g/mol. The Morgan fingerprint density at radius 2 is 1.07 bits per heavy atom. The van der Waals surface area contributed by atoms with Gasteiger partial charge in [0.25, 0.3) is 0 Å². The van der Waals surface area contributed by atoms with Gasteiger partial charge in [0.2, 0.25) is 0 Å². The molecule has 2 aromatic carbocycles. The van der Waals surface area contributed by atoms with Gasteiger partial charge in [-0.2, -0.15) is 0 Å². The van der Waals surface area contributed by atoms with Crippen molar-refractivity contribution >= 4 is 18.6 Å². The number of fused-ring (bicyclic) bond motifs is 1. The molecule has 0 heterocycles. The quantitative estimate of drug-likeness (QED) is 0.0394.